The lowest BCUT2D eigenvalue weighted by molar-refractivity contribution is -0.143. The van der Waals surface area contributed by atoms with E-state index in [4.69, 9.17) is 10.5 Å². The van der Waals surface area contributed by atoms with Crippen molar-refractivity contribution in [3.8, 4) is 11.8 Å². The third kappa shape index (κ3) is 5.28. The molecule has 0 heterocycles. The Balaban J connectivity index is 2.25. The van der Waals surface area contributed by atoms with Gasteiger partial charge < -0.3 is 10.5 Å². The lowest BCUT2D eigenvalue weighted by atomic mass is 10.0. The van der Waals surface area contributed by atoms with Crippen molar-refractivity contribution in [2.24, 2.45) is 0 Å². The van der Waals surface area contributed by atoms with Crippen LogP contribution in [0.15, 0.2) is 42.5 Å². The Kier molecular flexibility index (Phi) is 6.29. The zero-order valence-corrected chi connectivity index (χ0v) is 14.2. The fourth-order valence-electron chi connectivity index (χ4n) is 2.32. The van der Waals surface area contributed by atoms with Gasteiger partial charge in [-0.25, -0.2) is 0 Å². The molecule has 3 nitrogen and oxygen atoms in total. The van der Waals surface area contributed by atoms with Gasteiger partial charge in [0.05, 0.1) is 12.2 Å². The van der Waals surface area contributed by atoms with Crippen molar-refractivity contribution in [3.63, 3.8) is 0 Å². The van der Waals surface area contributed by atoms with E-state index in [0.29, 0.717) is 24.3 Å². The summed E-state index contributed by atoms with van der Waals surface area (Å²) in [6, 6.07) is 10.2. The second-order valence-electron chi connectivity index (χ2n) is 5.52. The molecule has 0 bridgehead atoms. The molecule has 0 unspecified atom stereocenters. The second kappa shape index (κ2) is 8.43. The third-order valence-electron chi connectivity index (χ3n) is 3.61. The van der Waals surface area contributed by atoms with Crippen molar-refractivity contribution in [1.29, 1.82) is 0 Å². The average molecular weight is 361 g/mol. The number of hydrogen-bond donors (Lipinski definition) is 1. The van der Waals surface area contributed by atoms with Gasteiger partial charge in [0.2, 0.25) is 0 Å². The molecule has 2 N–H and O–H groups in total. The summed E-state index contributed by atoms with van der Waals surface area (Å²) in [5.41, 5.74) is 6.55. The van der Waals surface area contributed by atoms with Crippen molar-refractivity contribution < 1.29 is 22.7 Å². The number of halogens is 3. The van der Waals surface area contributed by atoms with Crippen LogP contribution in [-0.2, 0) is 22.1 Å². The van der Waals surface area contributed by atoms with Crippen molar-refractivity contribution in [1.82, 2.24) is 0 Å². The fourth-order valence-corrected chi connectivity index (χ4v) is 2.32. The van der Waals surface area contributed by atoms with Gasteiger partial charge in [0.25, 0.3) is 0 Å². The van der Waals surface area contributed by atoms with Gasteiger partial charge in [0, 0.05) is 23.2 Å². The normalized spacial score (nSPS) is 10.8. The third-order valence-corrected chi connectivity index (χ3v) is 3.61. The Hall–Kier alpha value is -2.94. The molecule has 26 heavy (non-hydrogen) atoms. The monoisotopic (exact) mass is 361 g/mol. The number of rotatable bonds is 4. The van der Waals surface area contributed by atoms with E-state index < -0.39 is 11.7 Å². The zero-order chi connectivity index (χ0) is 19.2. The summed E-state index contributed by atoms with van der Waals surface area (Å²) < 4.78 is 43.9. The first-order valence-corrected chi connectivity index (χ1v) is 8.03. The maximum absolute atomic E-state index is 13.0. The van der Waals surface area contributed by atoms with Crippen molar-refractivity contribution in [3.05, 3.63) is 64.7 Å². The minimum atomic E-state index is -4.47. The molecule has 0 aliphatic heterocycles. The molecule has 2 rings (SSSR count). The number of esters is 1. The summed E-state index contributed by atoms with van der Waals surface area (Å²) in [4.78, 5) is 11.4. The number of benzene rings is 2. The largest absolute Gasteiger partial charge is 0.466 e. The van der Waals surface area contributed by atoms with Crippen LogP contribution in [0.2, 0.25) is 0 Å². The Morgan fingerprint density at radius 2 is 1.81 bits per heavy atom. The average Bonchev–Trinajstić information content (AvgIpc) is 2.59. The standard InChI is InChI=1S/C20H18F3NO2/c1-2-26-19(25)12-8-14-7-11-18(24)16(13-14)10-9-15-5-3-4-6-17(15)20(21,22)23/h3-7,11,13H,2,8,12,24H2,1H3. The molecule has 0 aromatic heterocycles. The van der Waals surface area contributed by atoms with E-state index in [-0.39, 0.29) is 18.0 Å². The highest BCUT2D eigenvalue weighted by Gasteiger charge is 2.32. The quantitative estimate of drug-likeness (QED) is 0.505. The van der Waals surface area contributed by atoms with Crippen LogP contribution in [0.4, 0.5) is 18.9 Å². The van der Waals surface area contributed by atoms with Gasteiger partial charge in [-0.15, -0.1) is 0 Å². The Bertz CT molecular complexity index is 848. The van der Waals surface area contributed by atoms with Gasteiger partial charge >= 0.3 is 12.1 Å². The molecule has 0 aliphatic carbocycles. The lowest BCUT2D eigenvalue weighted by Gasteiger charge is -2.08. The van der Waals surface area contributed by atoms with E-state index >= 15 is 0 Å². The number of carbonyl (C=O) groups is 1. The van der Waals surface area contributed by atoms with Gasteiger partial charge in [-0.05, 0) is 43.2 Å². The Morgan fingerprint density at radius 1 is 1.12 bits per heavy atom. The van der Waals surface area contributed by atoms with Gasteiger partial charge in [-0.2, -0.15) is 13.2 Å². The minimum absolute atomic E-state index is 0.115. The van der Waals surface area contributed by atoms with Gasteiger partial charge in [-0.3, -0.25) is 4.79 Å². The molecule has 2 aromatic carbocycles. The van der Waals surface area contributed by atoms with Crippen LogP contribution in [0.5, 0.6) is 0 Å². The highest BCUT2D eigenvalue weighted by atomic mass is 19.4. The van der Waals surface area contributed by atoms with Crippen molar-refractivity contribution >= 4 is 11.7 Å². The van der Waals surface area contributed by atoms with E-state index in [2.05, 4.69) is 11.8 Å². The molecule has 0 spiro atoms. The molecule has 6 heteroatoms. The molecule has 0 fully saturated rings. The summed E-state index contributed by atoms with van der Waals surface area (Å²) in [5, 5.41) is 0. The number of alkyl halides is 3. The van der Waals surface area contributed by atoms with E-state index in [1.165, 1.54) is 18.2 Å². The predicted octanol–water partition coefficient (Wildman–Crippen LogP) is 4.18. The number of aryl methyl sites for hydroxylation is 1. The van der Waals surface area contributed by atoms with Crippen molar-refractivity contribution in [2.75, 3.05) is 12.3 Å². The molecule has 0 saturated carbocycles. The zero-order valence-electron chi connectivity index (χ0n) is 14.2. The topological polar surface area (TPSA) is 52.3 Å². The van der Waals surface area contributed by atoms with Gasteiger partial charge in [0.1, 0.15) is 0 Å². The highest BCUT2D eigenvalue weighted by molar-refractivity contribution is 5.70. The number of ether oxygens (including phenoxy) is 1. The first-order valence-electron chi connectivity index (χ1n) is 8.03. The highest BCUT2D eigenvalue weighted by Crippen LogP contribution is 2.31. The molecule has 136 valence electrons. The summed E-state index contributed by atoms with van der Waals surface area (Å²) in [6.07, 6.45) is -3.83. The number of hydrogen-bond acceptors (Lipinski definition) is 3. The van der Waals surface area contributed by atoms with Crippen LogP contribution in [0.25, 0.3) is 0 Å². The van der Waals surface area contributed by atoms with Gasteiger partial charge in [0.15, 0.2) is 0 Å². The van der Waals surface area contributed by atoms with Crippen LogP contribution in [0.1, 0.15) is 35.6 Å². The SMILES string of the molecule is CCOC(=O)CCc1ccc(N)c(C#Cc2ccccc2C(F)(F)F)c1. The summed E-state index contributed by atoms with van der Waals surface area (Å²) in [5.74, 6) is 4.94. The number of nitrogens with two attached hydrogens (primary N) is 1. The van der Waals surface area contributed by atoms with Crippen LogP contribution in [0.3, 0.4) is 0 Å². The van der Waals surface area contributed by atoms with Crippen LogP contribution < -0.4 is 5.73 Å². The van der Waals surface area contributed by atoms with Crippen LogP contribution in [-0.4, -0.2) is 12.6 Å². The molecule has 0 amide bonds. The number of anilines is 1. The van der Waals surface area contributed by atoms with Crippen molar-refractivity contribution in [2.45, 2.75) is 25.9 Å². The second-order valence-corrected chi connectivity index (χ2v) is 5.52. The summed E-state index contributed by atoms with van der Waals surface area (Å²) in [6.45, 7) is 2.05. The number of nitrogen functional groups attached to an aromatic ring is 1. The minimum Gasteiger partial charge on any atom is -0.466 e. The molecular weight excluding hydrogens is 343 g/mol. The first kappa shape index (κ1) is 19.4. The molecule has 0 radical (unpaired) electrons. The Labute approximate surface area is 150 Å². The summed E-state index contributed by atoms with van der Waals surface area (Å²) in [7, 11) is 0. The summed E-state index contributed by atoms with van der Waals surface area (Å²) >= 11 is 0. The van der Waals surface area contributed by atoms with E-state index in [0.717, 1.165) is 11.6 Å². The Morgan fingerprint density at radius 3 is 2.50 bits per heavy atom. The molecular formula is C20H18F3NO2. The molecule has 0 atom stereocenters. The lowest BCUT2D eigenvalue weighted by Crippen LogP contribution is -2.07. The maximum atomic E-state index is 13.0. The number of carbonyl (C=O) groups excluding carboxylic acids is 1. The van der Waals surface area contributed by atoms with E-state index in [1.807, 2.05) is 0 Å². The molecule has 2 aromatic rings. The molecule has 0 saturated heterocycles. The van der Waals surface area contributed by atoms with E-state index in [1.54, 1.807) is 25.1 Å². The van der Waals surface area contributed by atoms with Gasteiger partial charge in [-0.1, -0.05) is 30.0 Å². The predicted molar refractivity (Wildman–Crippen MR) is 93.2 cm³/mol. The van der Waals surface area contributed by atoms with E-state index in [9.17, 15) is 18.0 Å². The fraction of sp³-hybridized carbons (Fsp3) is 0.250. The molecule has 0 aliphatic rings. The first-order chi connectivity index (χ1) is 12.3. The smallest absolute Gasteiger partial charge is 0.417 e. The maximum Gasteiger partial charge on any atom is 0.417 e. The van der Waals surface area contributed by atoms with Crippen LogP contribution >= 0.6 is 0 Å². The van der Waals surface area contributed by atoms with Crippen LogP contribution in [0, 0.1) is 11.8 Å².